The van der Waals surface area contributed by atoms with E-state index >= 15 is 0 Å². The van der Waals surface area contributed by atoms with Crippen LogP contribution in [-0.4, -0.2) is 5.91 Å². The third-order valence-electron chi connectivity index (χ3n) is 2.88. The van der Waals surface area contributed by atoms with Gasteiger partial charge in [-0.2, -0.15) is 9.46 Å². The first-order valence-electron chi connectivity index (χ1n) is 5.46. The molecule has 6 nitrogen and oxygen atoms in total. The number of amides is 1. The molecule has 0 atom stereocenters. The maximum atomic E-state index is 12.1. The van der Waals surface area contributed by atoms with Gasteiger partial charge in [0.1, 0.15) is 5.69 Å². The molecule has 1 aromatic carbocycles. The third-order valence-corrected chi connectivity index (χ3v) is 2.88. The number of fused-ring (bicyclic) bond motifs is 1. The second-order valence-electron chi connectivity index (χ2n) is 4.11. The molecule has 1 N–H and O–H groups in total. The zero-order valence-electron chi connectivity index (χ0n) is 10.4. The molecular formula is C12H13N3O3. The van der Waals surface area contributed by atoms with Gasteiger partial charge in [0, 0.05) is 26.8 Å². The monoisotopic (exact) mass is 247 g/mol. The van der Waals surface area contributed by atoms with Gasteiger partial charge >= 0.3 is 5.52 Å². The normalized spacial score (nSPS) is 10.6. The van der Waals surface area contributed by atoms with Crippen LogP contribution in [0.4, 0.5) is 5.69 Å². The molecule has 6 heteroatoms. The van der Waals surface area contributed by atoms with Crippen molar-refractivity contribution in [3.8, 4) is 0 Å². The van der Waals surface area contributed by atoms with Crippen LogP contribution in [0, 0.1) is 24.3 Å². The van der Waals surface area contributed by atoms with Crippen LogP contribution < -0.4 is 14.8 Å². The Morgan fingerprint density at radius 2 is 1.78 bits per heavy atom. The Kier molecular flexibility index (Phi) is 2.78. The largest absolute Gasteiger partial charge is 0.618 e. The lowest BCUT2D eigenvalue weighted by molar-refractivity contribution is -0.638. The van der Waals surface area contributed by atoms with Crippen molar-refractivity contribution in [1.82, 2.24) is 0 Å². The predicted octanol–water partition coefficient (Wildman–Crippen LogP) is 0.682. The van der Waals surface area contributed by atoms with Crippen LogP contribution in [0.1, 0.15) is 18.3 Å². The molecule has 2 rings (SSSR count). The fourth-order valence-corrected chi connectivity index (χ4v) is 1.84. The number of nitrogens with zero attached hydrogens (tertiary/aromatic N) is 2. The van der Waals surface area contributed by atoms with Crippen molar-refractivity contribution in [2.75, 3.05) is 5.32 Å². The van der Waals surface area contributed by atoms with Crippen molar-refractivity contribution in [1.29, 1.82) is 0 Å². The average molecular weight is 247 g/mol. The summed E-state index contributed by atoms with van der Waals surface area (Å²) in [6, 6.07) is 4.76. The Morgan fingerprint density at radius 3 is 2.39 bits per heavy atom. The van der Waals surface area contributed by atoms with E-state index in [-0.39, 0.29) is 16.9 Å². The highest BCUT2D eigenvalue weighted by Gasteiger charge is 2.24. The van der Waals surface area contributed by atoms with Crippen molar-refractivity contribution in [3.05, 3.63) is 40.0 Å². The molecule has 0 bridgehead atoms. The smallest absolute Gasteiger partial charge is 0.314 e. The summed E-state index contributed by atoms with van der Waals surface area (Å²) in [6.45, 7) is 4.50. The molecular weight excluding hydrogens is 234 g/mol. The van der Waals surface area contributed by atoms with Crippen LogP contribution in [0.5, 0.6) is 0 Å². The van der Waals surface area contributed by atoms with E-state index in [0.29, 0.717) is 26.5 Å². The number of para-hydroxylation sites is 1. The topological polar surface area (TPSA) is 83.0 Å². The molecule has 0 radical (unpaired) electrons. The van der Waals surface area contributed by atoms with Gasteiger partial charge in [-0.25, -0.2) is 0 Å². The SMILES string of the molecule is CC(=O)Nc1cccc2c1[n+]([O-])c(C)c(C)[n+]2[O-]. The number of rotatable bonds is 1. The molecule has 1 heterocycles. The third kappa shape index (κ3) is 1.71. The van der Waals surface area contributed by atoms with Gasteiger partial charge in [0.15, 0.2) is 0 Å². The van der Waals surface area contributed by atoms with Crippen molar-refractivity contribution >= 4 is 22.6 Å². The number of carbonyl (C=O) groups is 1. The summed E-state index contributed by atoms with van der Waals surface area (Å²) >= 11 is 0. The number of anilines is 1. The Balaban J connectivity index is 2.88. The summed E-state index contributed by atoms with van der Waals surface area (Å²) in [5, 5.41) is 26.7. The molecule has 0 spiro atoms. The Hall–Kier alpha value is -2.37. The molecule has 0 aliphatic heterocycles. The van der Waals surface area contributed by atoms with E-state index in [4.69, 9.17) is 0 Å². The summed E-state index contributed by atoms with van der Waals surface area (Å²) in [7, 11) is 0. The average Bonchev–Trinajstić information content (AvgIpc) is 2.32. The van der Waals surface area contributed by atoms with Crippen molar-refractivity contribution in [2.24, 2.45) is 0 Å². The van der Waals surface area contributed by atoms with Crippen LogP contribution in [0.2, 0.25) is 0 Å². The number of benzene rings is 1. The standard InChI is InChI=1S/C12H13N3O3/c1-7-8(2)15(18)12-10(13-9(3)16)5-4-6-11(12)14(7)17/h4-6H,1-3H3,(H,13,16). The minimum Gasteiger partial charge on any atom is -0.618 e. The molecule has 0 aliphatic rings. The number of nitrogens with one attached hydrogen (secondary N) is 1. The van der Waals surface area contributed by atoms with Crippen LogP contribution in [-0.2, 0) is 4.79 Å². The van der Waals surface area contributed by atoms with E-state index < -0.39 is 0 Å². The molecule has 1 amide bonds. The molecule has 18 heavy (non-hydrogen) atoms. The van der Waals surface area contributed by atoms with Crippen molar-refractivity contribution in [3.63, 3.8) is 0 Å². The molecule has 0 saturated heterocycles. The van der Waals surface area contributed by atoms with E-state index in [9.17, 15) is 15.2 Å². The molecule has 0 aliphatic carbocycles. The maximum absolute atomic E-state index is 12.1. The molecule has 0 unspecified atom stereocenters. The minimum absolute atomic E-state index is 0.172. The Labute approximate surface area is 104 Å². The highest BCUT2D eigenvalue weighted by atomic mass is 16.5. The fourth-order valence-electron chi connectivity index (χ4n) is 1.84. The molecule has 94 valence electrons. The second-order valence-corrected chi connectivity index (χ2v) is 4.11. The summed E-state index contributed by atoms with van der Waals surface area (Å²) in [5.74, 6) is -0.293. The zero-order valence-corrected chi connectivity index (χ0v) is 10.4. The number of carbonyl (C=O) groups excluding carboxylic acids is 1. The fraction of sp³-hybridized carbons (Fsp3) is 0.250. The van der Waals surface area contributed by atoms with Crippen LogP contribution in [0.25, 0.3) is 11.0 Å². The summed E-state index contributed by atoms with van der Waals surface area (Å²) in [5.41, 5.74) is 1.40. The first kappa shape index (κ1) is 12.1. The lowest BCUT2D eigenvalue weighted by atomic mass is 10.2. The molecule has 2 aromatic rings. The lowest BCUT2D eigenvalue weighted by Gasteiger charge is -2.11. The molecule has 0 saturated carbocycles. The summed E-state index contributed by atoms with van der Waals surface area (Å²) in [6.07, 6.45) is 0. The number of hydrogen-bond donors (Lipinski definition) is 1. The van der Waals surface area contributed by atoms with Gasteiger partial charge in [0.25, 0.3) is 16.9 Å². The van der Waals surface area contributed by atoms with Crippen LogP contribution in [0.15, 0.2) is 18.2 Å². The van der Waals surface area contributed by atoms with Gasteiger partial charge in [0.05, 0.1) is 0 Å². The quantitative estimate of drug-likeness (QED) is 0.594. The van der Waals surface area contributed by atoms with E-state index in [1.165, 1.54) is 6.92 Å². The van der Waals surface area contributed by atoms with E-state index in [0.717, 1.165) is 0 Å². The first-order chi connectivity index (χ1) is 8.43. The molecule has 1 aromatic heterocycles. The van der Waals surface area contributed by atoms with Gasteiger partial charge in [-0.15, -0.1) is 0 Å². The van der Waals surface area contributed by atoms with Gasteiger partial charge in [0.2, 0.25) is 5.91 Å². The number of hydrogen-bond acceptors (Lipinski definition) is 3. The minimum atomic E-state index is -0.293. The summed E-state index contributed by atoms with van der Waals surface area (Å²) in [4.78, 5) is 11.1. The van der Waals surface area contributed by atoms with Gasteiger partial charge in [-0.1, -0.05) is 6.07 Å². The van der Waals surface area contributed by atoms with E-state index in [2.05, 4.69) is 5.32 Å². The van der Waals surface area contributed by atoms with Gasteiger partial charge in [-0.3, -0.25) is 4.79 Å². The van der Waals surface area contributed by atoms with Crippen LogP contribution >= 0.6 is 0 Å². The predicted molar refractivity (Wildman–Crippen MR) is 65.6 cm³/mol. The van der Waals surface area contributed by atoms with Gasteiger partial charge in [-0.05, 0) is 6.07 Å². The second kappa shape index (κ2) is 4.14. The molecule has 0 fully saturated rings. The van der Waals surface area contributed by atoms with E-state index in [1.807, 2.05) is 0 Å². The van der Waals surface area contributed by atoms with E-state index in [1.54, 1.807) is 32.0 Å². The van der Waals surface area contributed by atoms with Crippen molar-refractivity contribution < 1.29 is 14.3 Å². The first-order valence-corrected chi connectivity index (χ1v) is 5.46. The van der Waals surface area contributed by atoms with Crippen LogP contribution in [0.3, 0.4) is 0 Å². The lowest BCUT2D eigenvalue weighted by Crippen LogP contribution is -2.44. The maximum Gasteiger partial charge on any atom is 0.314 e. The van der Waals surface area contributed by atoms with Crippen molar-refractivity contribution in [2.45, 2.75) is 20.8 Å². The summed E-state index contributed by atoms with van der Waals surface area (Å²) < 4.78 is 1.37. The Bertz CT molecular complexity index is 653. The zero-order chi connectivity index (χ0) is 13.4. The highest BCUT2D eigenvalue weighted by Crippen LogP contribution is 2.18. The number of aromatic nitrogens is 2. The Morgan fingerprint density at radius 1 is 1.17 bits per heavy atom. The highest BCUT2D eigenvalue weighted by molar-refractivity contribution is 5.96. The van der Waals surface area contributed by atoms with Gasteiger partial charge < -0.3 is 15.7 Å².